The number of thiophene rings is 1. The molecule has 1 aliphatic carbocycles. The number of amides is 2. The third kappa shape index (κ3) is 5.10. The predicted molar refractivity (Wildman–Crippen MR) is 86.5 cm³/mol. The highest BCUT2D eigenvalue weighted by Gasteiger charge is 2.24. The van der Waals surface area contributed by atoms with Gasteiger partial charge in [-0.1, -0.05) is 12.8 Å². The first-order chi connectivity index (χ1) is 10.5. The molecule has 1 aromatic heterocycles. The highest BCUT2D eigenvalue weighted by atomic mass is 32.1. The van der Waals surface area contributed by atoms with Gasteiger partial charge in [0, 0.05) is 18.9 Å². The Kier molecular flexibility index (Phi) is 5.97. The van der Waals surface area contributed by atoms with E-state index in [1.54, 1.807) is 6.92 Å². The number of hydrogen-bond donors (Lipinski definition) is 3. The minimum Gasteiger partial charge on any atom is -0.384 e. The van der Waals surface area contributed by atoms with Gasteiger partial charge >= 0.3 is 0 Å². The lowest BCUT2D eigenvalue weighted by atomic mass is 9.99. The summed E-state index contributed by atoms with van der Waals surface area (Å²) in [6, 6.07) is 2.13. The Morgan fingerprint density at radius 2 is 2.00 bits per heavy atom. The molecule has 22 heavy (non-hydrogen) atoms. The lowest BCUT2D eigenvalue weighted by molar-refractivity contribution is -0.127. The van der Waals surface area contributed by atoms with Crippen molar-refractivity contribution in [1.29, 1.82) is 0 Å². The fourth-order valence-electron chi connectivity index (χ4n) is 2.63. The normalized spacial score (nSPS) is 17.9. The first-order valence-electron chi connectivity index (χ1n) is 7.78. The van der Waals surface area contributed by atoms with Crippen molar-refractivity contribution in [2.45, 2.75) is 57.1 Å². The summed E-state index contributed by atoms with van der Waals surface area (Å²) in [5.41, 5.74) is -0.293. The molecule has 3 N–H and O–H groups in total. The van der Waals surface area contributed by atoms with Gasteiger partial charge in [-0.15, -0.1) is 0 Å². The van der Waals surface area contributed by atoms with Gasteiger partial charge in [0.15, 0.2) is 0 Å². The SMILES string of the molecule is CC(O)(CNC(=O)CCC(=O)NC1CCCC1)c1ccsc1. The third-order valence-corrected chi connectivity index (χ3v) is 4.76. The Bertz CT molecular complexity index is 493. The summed E-state index contributed by atoms with van der Waals surface area (Å²) < 4.78 is 0. The molecule has 0 aliphatic heterocycles. The molecule has 0 bridgehead atoms. The molecule has 122 valence electrons. The van der Waals surface area contributed by atoms with Crippen LogP contribution in [0.2, 0.25) is 0 Å². The molecule has 1 unspecified atom stereocenters. The second-order valence-corrected chi connectivity index (χ2v) is 6.89. The van der Waals surface area contributed by atoms with Crippen molar-refractivity contribution in [3.8, 4) is 0 Å². The quantitative estimate of drug-likeness (QED) is 0.717. The average molecular weight is 324 g/mol. The topological polar surface area (TPSA) is 78.4 Å². The molecule has 0 aromatic carbocycles. The molecular weight excluding hydrogens is 300 g/mol. The number of aliphatic hydroxyl groups is 1. The van der Waals surface area contributed by atoms with Crippen LogP contribution in [0.1, 0.15) is 51.0 Å². The highest BCUT2D eigenvalue weighted by molar-refractivity contribution is 7.08. The van der Waals surface area contributed by atoms with E-state index in [0.717, 1.165) is 18.4 Å². The number of carbonyl (C=O) groups excluding carboxylic acids is 2. The van der Waals surface area contributed by atoms with Crippen molar-refractivity contribution < 1.29 is 14.7 Å². The fraction of sp³-hybridized carbons (Fsp3) is 0.625. The Morgan fingerprint density at radius 3 is 2.64 bits per heavy atom. The minimum absolute atomic E-state index is 0.0633. The lowest BCUT2D eigenvalue weighted by Gasteiger charge is -2.22. The lowest BCUT2D eigenvalue weighted by Crippen LogP contribution is -2.39. The maximum atomic E-state index is 11.8. The predicted octanol–water partition coefficient (Wildman–Crippen LogP) is 1.91. The molecule has 1 aliphatic rings. The Balaban J connectivity index is 1.66. The number of nitrogens with one attached hydrogen (secondary N) is 2. The van der Waals surface area contributed by atoms with E-state index < -0.39 is 5.60 Å². The zero-order valence-corrected chi connectivity index (χ0v) is 13.7. The Hall–Kier alpha value is -1.40. The monoisotopic (exact) mass is 324 g/mol. The van der Waals surface area contributed by atoms with Gasteiger partial charge < -0.3 is 15.7 Å². The van der Waals surface area contributed by atoms with Crippen molar-refractivity contribution in [3.05, 3.63) is 22.4 Å². The van der Waals surface area contributed by atoms with E-state index in [1.807, 2.05) is 16.8 Å². The third-order valence-electron chi connectivity index (χ3n) is 4.07. The minimum atomic E-state index is -1.08. The zero-order chi connectivity index (χ0) is 16.0. The van der Waals surface area contributed by atoms with Crippen LogP contribution in [0.5, 0.6) is 0 Å². The van der Waals surface area contributed by atoms with Gasteiger partial charge in [0.05, 0.1) is 6.54 Å². The number of carbonyl (C=O) groups is 2. The second-order valence-electron chi connectivity index (χ2n) is 6.11. The fourth-order valence-corrected chi connectivity index (χ4v) is 3.41. The van der Waals surface area contributed by atoms with Crippen LogP contribution >= 0.6 is 11.3 Å². The maximum absolute atomic E-state index is 11.8. The van der Waals surface area contributed by atoms with Crippen LogP contribution in [-0.4, -0.2) is 29.5 Å². The van der Waals surface area contributed by atoms with Crippen molar-refractivity contribution in [1.82, 2.24) is 10.6 Å². The average Bonchev–Trinajstić information content (AvgIpc) is 3.16. The van der Waals surface area contributed by atoms with E-state index in [2.05, 4.69) is 10.6 Å². The van der Waals surface area contributed by atoms with Crippen LogP contribution in [0.25, 0.3) is 0 Å². The van der Waals surface area contributed by atoms with Crippen LogP contribution in [-0.2, 0) is 15.2 Å². The van der Waals surface area contributed by atoms with Gasteiger partial charge in [-0.2, -0.15) is 11.3 Å². The van der Waals surface area contributed by atoms with E-state index in [9.17, 15) is 14.7 Å². The molecule has 2 rings (SSSR count). The molecule has 2 amide bonds. The number of rotatable bonds is 7. The smallest absolute Gasteiger partial charge is 0.220 e. The molecule has 1 heterocycles. The van der Waals surface area contributed by atoms with Gasteiger partial charge in [-0.3, -0.25) is 9.59 Å². The maximum Gasteiger partial charge on any atom is 0.220 e. The summed E-state index contributed by atoms with van der Waals surface area (Å²) in [5.74, 6) is -0.274. The zero-order valence-electron chi connectivity index (χ0n) is 12.9. The molecule has 1 fully saturated rings. The van der Waals surface area contributed by atoms with Gasteiger partial charge in [0.1, 0.15) is 5.60 Å². The summed E-state index contributed by atoms with van der Waals surface area (Å²) in [6.07, 6.45) is 4.77. The van der Waals surface area contributed by atoms with Crippen LogP contribution < -0.4 is 10.6 Å². The first kappa shape index (κ1) is 17.0. The van der Waals surface area contributed by atoms with E-state index >= 15 is 0 Å². The van der Waals surface area contributed by atoms with Gasteiger partial charge in [-0.25, -0.2) is 0 Å². The van der Waals surface area contributed by atoms with E-state index in [4.69, 9.17) is 0 Å². The van der Waals surface area contributed by atoms with E-state index in [0.29, 0.717) is 0 Å². The summed E-state index contributed by atoms with van der Waals surface area (Å²) >= 11 is 1.50. The second kappa shape index (κ2) is 7.74. The van der Waals surface area contributed by atoms with E-state index in [-0.39, 0.29) is 37.2 Å². The van der Waals surface area contributed by atoms with Crippen LogP contribution in [0.4, 0.5) is 0 Å². The highest BCUT2D eigenvalue weighted by Crippen LogP contribution is 2.22. The molecule has 5 nitrogen and oxygen atoms in total. The van der Waals surface area contributed by atoms with Gasteiger partial charge in [0.2, 0.25) is 11.8 Å². The first-order valence-corrected chi connectivity index (χ1v) is 8.73. The molecule has 0 saturated heterocycles. The molecule has 0 radical (unpaired) electrons. The molecule has 1 aromatic rings. The molecule has 6 heteroatoms. The van der Waals surface area contributed by atoms with Crippen molar-refractivity contribution in [2.75, 3.05) is 6.54 Å². The van der Waals surface area contributed by atoms with Crippen LogP contribution in [0, 0.1) is 0 Å². The van der Waals surface area contributed by atoms with Gasteiger partial charge in [-0.05, 0) is 42.2 Å². The summed E-state index contributed by atoms with van der Waals surface area (Å²) in [5, 5.41) is 19.7. The largest absolute Gasteiger partial charge is 0.384 e. The van der Waals surface area contributed by atoms with Gasteiger partial charge in [0.25, 0.3) is 0 Å². The standard InChI is InChI=1S/C16H24N2O3S/c1-16(21,12-8-9-22-10-12)11-17-14(19)6-7-15(20)18-13-4-2-3-5-13/h8-10,13,21H,2-7,11H2,1H3,(H,17,19)(H,18,20). The number of hydrogen-bond acceptors (Lipinski definition) is 4. The molecule has 1 atom stereocenters. The van der Waals surface area contributed by atoms with E-state index in [1.165, 1.54) is 24.2 Å². The molecule has 1 saturated carbocycles. The molecular formula is C16H24N2O3S. The molecule has 0 spiro atoms. The Morgan fingerprint density at radius 1 is 1.32 bits per heavy atom. The summed E-state index contributed by atoms with van der Waals surface area (Å²) in [6.45, 7) is 1.81. The summed E-state index contributed by atoms with van der Waals surface area (Å²) in [7, 11) is 0. The van der Waals surface area contributed by atoms with Crippen molar-refractivity contribution >= 4 is 23.2 Å². The van der Waals surface area contributed by atoms with Crippen LogP contribution in [0.3, 0.4) is 0 Å². The summed E-state index contributed by atoms with van der Waals surface area (Å²) in [4.78, 5) is 23.6. The Labute approximate surface area is 135 Å². The van der Waals surface area contributed by atoms with Crippen molar-refractivity contribution in [2.24, 2.45) is 0 Å². The van der Waals surface area contributed by atoms with Crippen LogP contribution in [0.15, 0.2) is 16.8 Å². The van der Waals surface area contributed by atoms with Crippen molar-refractivity contribution in [3.63, 3.8) is 0 Å².